The van der Waals surface area contributed by atoms with Crippen molar-refractivity contribution in [2.45, 2.75) is 53.9 Å². The number of carbonyl (C=O) groups is 3. The van der Waals surface area contributed by atoms with Gasteiger partial charge in [0, 0.05) is 16.5 Å². The Morgan fingerprint density at radius 3 is 2.56 bits per heavy atom. The Labute approximate surface area is 163 Å². The summed E-state index contributed by atoms with van der Waals surface area (Å²) in [6.45, 7) is 9.98. The van der Waals surface area contributed by atoms with Crippen molar-refractivity contribution in [2.24, 2.45) is 11.3 Å². The van der Waals surface area contributed by atoms with Crippen molar-refractivity contribution in [1.82, 2.24) is 0 Å². The van der Waals surface area contributed by atoms with Crippen LogP contribution in [0.1, 0.15) is 61.8 Å². The third kappa shape index (κ3) is 4.97. The summed E-state index contributed by atoms with van der Waals surface area (Å²) in [4.78, 5) is 36.7. The molecule has 1 amide bonds. The fourth-order valence-electron chi connectivity index (χ4n) is 3.24. The molecule has 2 rings (SSSR count). The summed E-state index contributed by atoms with van der Waals surface area (Å²) in [6, 6.07) is 0. The Bertz CT molecular complexity index is 785. The van der Waals surface area contributed by atoms with E-state index in [2.05, 4.69) is 26.1 Å². The molecular formula is C20H27NO5S. The number of aliphatic carboxylic acids is 1. The van der Waals surface area contributed by atoms with E-state index in [1.54, 1.807) is 6.92 Å². The topological polar surface area (TPSA) is 92.7 Å². The molecule has 0 radical (unpaired) electrons. The van der Waals surface area contributed by atoms with Crippen molar-refractivity contribution in [1.29, 1.82) is 0 Å². The van der Waals surface area contributed by atoms with Crippen LogP contribution in [-0.2, 0) is 27.2 Å². The molecule has 1 atom stereocenters. The van der Waals surface area contributed by atoms with E-state index in [1.807, 2.05) is 0 Å². The number of hydrogen-bond acceptors (Lipinski definition) is 5. The zero-order chi connectivity index (χ0) is 20.4. The molecule has 0 fully saturated rings. The van der Waals surface area contributed by atoms with Crippen LogP contribution in [0.2, 0.25) is 0 Å². The molecule has 0 spiro atoms. The monoisotopic (exact) mass is 393 g/mol. The molecule has 6 nitrogen and oxygen atoms in total. The number of thiophene rings is 1. The van der Waals surface area contributed by atoms with E-state index < -0.39 is 17.8 Å². The number of carbonyl (C=O) groups excluding carboxylic acids is 2. The Hall–Kier alpha value is -2.15. The summed E-state index contributed by atoms with van der Waals surface area (Å²) in [7, 11) is 0. The van der Waals surface area contributed by atoms with E-state index in [0.29, 0.717) is 16.5 Å². The maximum absolute atomic E-state index is 12.5. The highest BCUT2D eigenvalue weighted by atomic mass is 32.1. The maximum Gasteiger partial charge on any atom is 0.341 e. The van der Waals surface area contributed by atoms with Gasteiger partial charge in [0.05, 0.1) is 12.2 Å². The predicted molar refractivity (Wildman–Crippen MR) is 105 cm³/mol. The van der Waals surface area contributed by atoms with Gasteiger partial charge in [-0.1, -0.05) is 20.8 Å². The first-order chi connectivity index (χ1) is 12.5. The summed E-state index contributed by atoms with van der Waals surface area (Å²) in [6.07, 6.45) is 3.62. The van der Waals surface area contributed by atoms with Gasteiger partial charge in [-0.05, 0) is 50.0 Å². The molecule has 0 saturated carbocycles. The fourth-order valence-corrected chi connectivity index (χ4v) is 4.56. The Balaban J connectivity index is 2.38. The number of hydrogen-bond donors (Lipinski definition) is 2. The molecule has 148 valence electrons. The summed E-state index contributed by atoms with van der Waals surface area (Å²) >= 11 is 1.39. The van der Waals surface area contributed by atoms with Crippen LogP contribution in [-0.4, -0.2) is 29.6 Å². The van der Waals surface area contributed by atoms with Gasteiger partial charge < -0.3 is 15.2 Å². The van der Waals surface area contributed by atoms with Gasteiger partial charge in [0.1, 0.15) is 5.00 Å². The van der Waals surface area contributed by atoms with Crippen LogP contribution in [0.25, 0.3) is 0 Å². The lowest BCUT2D eigenvalue weighted by Gasteiger charge is -2.33. The van der Waals surface area contributed by atoms with E-state index in [1.165, 1.54) is 18.3 Å². The minimum Gasteiger partial charge on any atom is -0.478 e. The highest BCUT2D eigenvalue weighted by Gasteiger charge is 2.34. The van der Waals surface area contributed by atoms with Crippen molar-refractivity contribution in [3.05, 3.63) is 27.7 Å². The van der Waals surface area contributed by atoms with Gasteiger partial charge in [-0.25, -0.2) is 9.59 Å². The first-order valence-corrected chi connectivity index (χ1v) is 9.90. The van der Waals surface area contributed by atoms with E-state index in [0.717, 1.165) is 35.8 Å². The van der Waals surface area contributed by atoms with Crippen molar-refractivity contribution in [2.75, 3.05) is 11.9 Å². The van der Waals surface area contributed by atoms with Crippen molar-refractivity contribution >= 4 is 34.2 Å². The van der Waals surface area contributed by atoms with Gasteiger partial charge in [0.15, 0.2) is 0 Å². The number of rotatable bonds is 5. The number of fused-ring (bicyclic) bond motifs is 1. The highest BCUT2D eigenvalue weighted by molar-refractivity contribution is 7.17. The smallest absolute Gasteiger partial charge is 0.341 e. The lowest BCUT2D eigenvalue weighted by atomic mass is 9.72. The van der Waals surface area contributed by atoms with Crippen molar-refractivity contribution < 1.29 is 24.2 Å². The fraction of sp³-hybridized carbons (Fsp3) is 0.550. The lowest BCUT2D eigenvalue weighted by molar-refractivity contribution is -0.132. The molecular weight excluding hydrogens is 366 g/mol. The zero-order valence-corrected chi connectivity index (χ0v) is 17.3. The van der Waals surface area contributed by atoms with Gasteiger partial charge in [-0.15, -0.1) is 11.3 Å². The molecule has 0 unspecified atom stereocenters. The van der Waals surface area contributed by atoms with E-state index in [9.17, 15) is 14.4 Å². The number of carboxylic acids is 1. The molecule has 2 N–H and O–H groups in total. The molecule has 1 aliphatic rings. The van der Waals surface area contributed by atoms with Gasteiger partial charge >= 0.3 is 11.9 Å². The Morgan fingerprint density at radius 2 is 2.00 bits per heavy atom. The quantitative estimate of drug-likeness (QED) is 0.582. The SMILES string of the molecule is CCOC(=O)c1c(NC(=O)/C=C(\C)C(=O)O)sc2c1CC[C@@H](C(C)(C)C)C2. The molecule has 0 bridgehead atoms. The number of amides is 1. The summed E-state index contributed by atoms with van der Waals surface area (Å²) in [5.74, 6) is -1.67. The molecule has 0 aromatic carbocycles. The molecule has 7 heteroatoms. The Kier molecular flexibility index (Phi) is 6.46. The van der Waals surface area contributed by atoms with Gasteiger partial charge in [0.2, 0.25) is 5.91 Å². The average molecular weight is 394 g/mol. The molecule has 0 aliphatic heterocycles. The van der Waals surface area contributed by atoms with Crippen LogP contribution in [0.5, 0.6) is 0 Å². The normalized spacial score (nSPS) is 17.2. The van der Waals surface area contributed by atoms with E-state index in [-0.39, 0.29) is 17.6 Å². The summed E-state index contributed by atoms with van der Waals surface area (Å²) in [5.41, 5.74) is 1.46. The zero-order valence-electron chi connectivity index (χ0n) is 16.5. The second kappa shape index (κ2) is 8.25. The summed E-state index contributed by atoms with van der Waals surface area (Å²) in [5, 5.41) is 12.1. The third-order valence-electron chi connectivity index (χ3n) is 4.89. The van der Waals surface area contributed by atoms with Crippen LogP contribution < -0.4 is 5.32 Å². The van der Waals surface area contributed by atoms with Gasteiger partial charge in [0.25, 0.3) is 0 Å². The number of carboxylic acid groups (broad SMARTS) is 1. The third-order valence-corrected chi connectivity index (χ3v) is 6.06. The van der Waals surface area contributed by atoms with Crippen molar-refractivity contribution in [3.63, 3.8) is 0 Å². The molecule has 27 heavy (non-hydrogen) atoms. The van der Waals surface area contributed by atoms with E-state index in [4.69, 9.17) is 9.84 Å². The molecule has 1 aliphatic carbocycles. The lowest BCUT2D eigenvalue weighted by Crippen LogP contribution is -2.26. The van der Waals surface area contributed by atoms with Crippen LogP contribution in [0.15, 0.2) is 11.6 Å². The predicted octanol–water partition coefficient (Wildman–Crippen LogP) is 4.05. The molecule has 1 aromatic rings. The standard InChI is InChI=1S/C20H27NO5S/c1-6-26-19(25)16-13-8-7-12(20(3,4)5)10-14(13)27-17(16)21-15(22)9-11(2)18(23)24/h9,12H,6-8,10H2,1-5H3,(H,21,22)(H,23,24)/b11-9+/t12-/m1/s1. The number of ether oxygens (including phenoxy) is 1. The highest BCUT2D eigenvalue weighted by Crippen LogP contribution is 2.44. The maximum atomic E-state index is 12.5. The Morgan fingerprint density at radius 1 is 1.33 bits per heavy atom. The average Bonchev–Trinajstić information content (AvgIpc) is 2.90. The minimum absolute atomic E-state index is 0.0701. The largest absolute Gasteiger partial charge is 0.478 e. The van der Waals surface area contributed by atoms with Gasteiger partial charge in [-0.3, -0.25) is 4.79 Å². The minimum atomic E-state index is -1.16. The molecule has 1 aromatic heterocycles. The first kappa shape index (κ1) is 21.2. The number of nitrogens with one attached hydrogen (secondary N) is 1. The second-order valence-corrected chi connectivity index (χ2v) is 8.96. The van der Waals surface area contributed by atoms with Gasteiger partial charge in [-0.2, -0.15) is 0 Å². The second-order valence-electron chi connectivity index (χ2n) is 7.86. The van der Waals surface area contributed by atoms with Crippen LogP contribution in [0, 0.1) is 11.3 Å². The summed E-state index contributed by atoms with van der Waals surface area (Å²) < 4.78 is 5.19. The number of anilines is 1. The van der Waals surface area contributed by atoms with Crippen LogP contribution >= 0.6 is 11.3 Å². The van der Waals surface area contributed by atoms with Crippen LogP contribution in [0.3, 0.4) is 0 Å². The number of esters is 1. The first-order valence-electron chi connectivity index (χ1n) is 9.08. The molecule has 0 saturated heterocycles. The van der Waals surface area contributed by atoms with E-state index >= 15 is 0 Å². The molecule has 1 heterocycles. The van der Waals surface area contributed by atoms with Crippen molar-refractivity contribution in [3.8, 4) is 0 Å². The van der Waals surface area contributed by atoms with Crippen LogP contribution in [0.4, 0.5) is 5.00 Å².